The molecule has 0 aromatic heterocycles. The Morgan fingerprint density at radius 2 is 2.05 bits per heavy atom. The van der Waals surface area contributed by atoms with Crippen molar-refractivity contribution < 1.29 is 14.3 Å². The molecule has 0 aliphatic carbocycles. The number of nitrogens with one attached hydrogen (secondary N) is 1. The first-order chi connectivity index (χ1) is 10.1. The molecular weight excluding hydrogens is 358 g/mol. The van der Waals surface area contributed by atoms with Crippen molar-refractivity contribution in [1.82, 2.24) is 0 Å². The molecule has 21 heavy (non-hydrogen) atoms. The summed E-state index contributed by atoms with van der Waals surface area (Å²) in [5.41, 5.74) is 1.11. The van der Waals surface area contributed by atoms with Crippen LogP contribution in [0, 0.1) is 0 Å². The second-order valence-electron chi connectivity index (χ2n) is 4.12. The molecule has 0 saturated heterocycles. The monoisotopic (exact) mass is 367 g/mol. The summed E-state index contributed by atoms with van der Waals surface area (Å²) in [5, 5.41) is 3.00. The highest BCUT2D eigenvalue weighted by atomic mass is 79.9. The highest BCUT2D eigenvalue weighted by molar-refractivity contribution is 9.10. The van der Waals surface area contributed by atoms with Gasteiger partial charge in [-0.1, -0.05) is 23.7 Å². The third-order valence-corrected chi connectivity index (χ3v) is 3.59. The van der Waals surface area contributed by atoms with Gasteiger partial charge in [0, 0.05) is 10.0 Å². The molecule has 2 aromatic carbocycles. The Balaban J connectivity index is 1.95. The summed E-state index contributed by atoms with van der Waals surface area (Å²) >= 11 is 9.29. The van der Waals surface area contributed by atoms with E-state index in [-0.39, 0.29) is 17.5 Å². The van der Waals surface area contributed by atoms with E-state index in [4.69, 9.17) is 16.3 Å². The lowest BCUT2D eigenvalue weighted by atomic mass is 10.2. The van der Waals surface area contributed by atoms with Crippen LogP contribution in [0.4, 0.5) is 5.69 Å². The van der Waals surface area contributed by atoms with Crippen molar-refractivity contribution in [2.45, 2.75) is 0 Å². The number of para-hydroxylation sites is 1. The summed E-state index contributed by atoms with van der Waals surface area (Å²) < 4.78 is 6.12. The summed E-state index contributed by atoms with van der Waals surface area (Å²) in [6.07, 6.45) is 0.690. The van der Waals surface area contributed by atoms with Gasteiger partial charge in [-0.05, 0) is 46.3 Å². The van der Waals surface area contributed by atoms with Crippen molar-refractivity contribution in [3.05, 3.63) is 57.5 Å². The summed E-state index contributed by atoms with van der Waals surface area (Å²) in [5.74, 6) is 0.0435. The fourth-order valence-electron chi connectivity index (χ4n) is 1.60. The molecular formula is C15H11BrClNO3. The van der Waals surface area contributed by atoms with E-state index in [1.54, 1.807) is 18.2 Å². The molecule has 1 amide bonds. The largest absolute Gasteiger partial charge is 0.482 e. The summed E-state index contributed by atoms with van der Waals surface area (Å²) in [6.45, 7) is -0.179. The van der Waals surface area contributed by atoms with Gasteiger partial charge in [0.25, 0.3) is 5.91 Å². The second-order valence-corrected chi connectivity index (χ2v) is 5.39. The van der Waals surface area contributed by atoms with E-state index in [9.17, 15) is 9.59 Å². The standard InChI is InChI=1S/C15H11BrClNO3/c16-11-3-1-2-4-13(11)18-15(20)9-21-14-6-5-10(8-19)7-12(14)17/h1-8H,9H2,(H,18,20). The molecule has 0 unspecified atom stereocenters. The van der Waals surface area contributed by atoms with Crippen LogP contribution in [0.5, 0.6) is 5.75 Å². The zero-order valence-corrected chi connectivity index (χ0v) is 13.1. The van der Waals surface area contributed by atoms with Gasteiger partial charge in [0.2, 0.25) is 0 Å². The number of ether oxygens (including phenoxy) is 1. The number of carbonyl (C=O) groups is 2. The summed E-state index contributed by atoms with van der Waals surface area (Å²) in [7, 11) is 0. The number of rotatable bonds is 5. The third kappa shape index (κ3) is 4.31. The molecule has 0 heterocycles. The fraction of sp³-hybridized carbons (Fsp3) is 0.0667. The molecule has 0 radical (unpaired) electrons. The van der Waals surface area contributed by atoms with Gasteiger partial charge in [0.05, 0.1) is 10.7 Å². The van der Waals surface area contributed by atoms with Crippen LogP contribution in [-0.4, -0.2) is 18.8 Å². The topological polar surface area (TPSA) is 55.4 Å². The van der Waals surface area contributed by atoms with Crippen LogP contribution in [0.15, 0.2) is 46.9 Å². The Labute approximate surface area is 135 Å². The van der Waals surface area contributed by atoms with Gasteiger partial charge >= 0.3 is 0 Å². The number of benzene rings is 2. The Kier molecular flexibility index (Phi) is 5.36. The second kappa shape index (κ2) is 7.24. The van der Waals surface area contributed by atoms with Crippen molar-refractivity contribution in [3.63, 3.8) is 0 Å². The maximum atomic E-state index is 11.8. The summed E-state index contributed by atoms with van der Waals surface area (Å²) in [6, 6.07) is 11.9. The molecule has 0 bridgehead atoms. The van der Waals surface area contributed by atoms with Crippen LogP contribution in [0.3, 0.4) is 0 Å². The molecule has 6 heteroatoms. The van der Waals surface area contributed by atoms with Crippen molar-refractivity contribution in [2.24, 2.45) is 0 Å². The quantitative estimate of drug-likeness (QED) is 0.814. The zero-order chi connectivity index (χ0) is 15.2. The maximum absolute atomic E-state index is 11.8. The lowest BCUT2D eigenvalue weighted by Crippen LogP contribution is -2.20. The van der Waals surface area contributed by atoms with E-state index in [0.29, 0.717) is 23.3 Å². The summed E-state index contributed by atoms with van der Waals surface area (Å²) in [4.78, 5) is 22.4. The first kappa shape index (κ1) is 15.5. The number of carbonyl (C=O) groups excluding carboxylic acids is 2. The van der Waals surface area contributed by atoms with Gasteiger partial charge in [0.15, 0.2) is 6.61 Å². The van der Waals surface area contributed by atoms with E-state index in [0.717, 1.165) is 4.47 Å². The van der Waals surface area contributed by atoms with Gasteiger partial charge in [-0.15, -0.1) is 0 Å². The Bertz CT molecular complexity index is 676. The molecule has 2 aromatic rings. The van der Waals surface area contributed by atoms with Crippen LogP contribution in [-0.2, 0) is 4.79 Å². The first-order valence-electron chi connectivity index (χ1n) is 6.02. The lowest BCUT2D eigenvalue weighted by molar-refractivity contribution is -0.118. The number of halogens is 2. The van der Waals surface area contributed by atoms with Gasteiger partial charge in [-0.3, -0.25) is 9.59 Å². The van der Waals surface area contributed by atoms with Crippen molar-refractivity contribution in [3.8, 4) is 5.75 Å². The van der Waals surface area contributed by atoms with Gasteiger partial charge in [-0.2, -0.15) is 0 Å². The molecule has 2 rings (SSSR count). The van der Waals surface area contributed by atoms with Crippen molar-refractivity contribution in [2.75, 3.05) is 11.9 Å². The molecule has 4 nitrogen and oxygen atoms in total. The number of anilines is 1. The van der Waals surface area contributed by atoms with E-state index >= 15 is 0 Å². The van der Waals surface area contributed by atoms with Crippen LogP contribution < -0.4 is 10.1 Å². The highest BCUT2D eigenvalue weighted by Gasteiger charge is 2.08. The minimum atomic E-state index is -0.308. The van der Waals surface area contributed by atoms with Crippen LogP contribution in [0.2, 0.25) is 5.02 Å². The molecule has 0 saturated carbocycles. The SMILES string of the molecule is O=Cc1ccc(OCC(=O)Nc2ccccc2Br)c(Cl)c1. The van der Waals surface area contributed by atoms with E-state index in [1.165, 1.54) is 6.07 Å². The van der Waals surface area contributed by atoms with E-state index < -0.39 is 0 Å². The zero-order valence-electron chi connectivity index (χ0n) is 10.8. The molecule has 0 spiro atoms. The lowest BCUT2D eigenvalue weighted by Gasteiger charge is -2.10. The Morgan fingerprint density at radius 3 is 2.71 bits per heavy atom. The van der Waals surface area contributed by atoms with Crippen LogP contribution >= 0.6 is 27.5 Å². The van der Waals surface area contributed by atoms with Gasteiger partial charge in [-0.25, -0.2) is 0 Å². The van der Waals surface area contributed by atoms with Crippen molar-refractivity contribution in [1.29, 1.82) is 0 Å². The van der Waals surface area contributed by atoms with E-state index in [2.05, 4.69) is 21.2 Å². The molecule has 0 fully saturated rings. The Hall–Kier alpha value is -1.85. The van der Waals surface area contributed by atoms with Gasteiger partial charge in [0.1, 0.15) is 12.0 Å². The molecule has 0 aliphatic rings. The average molecular weight is 369 g/mol. The smallest absolute Gasteiger partial charge is 0.262 e. The number of hydrogen-bond acceptors (Lipinski definition) is 3. The number of amides is 1. The molecule has 1 N–H and O–H groups in total. The number of aldehydes is 1. The first-order valence-corrected chi connectivity index (χ1v) is 7.19. The molecule has 108 valence electrons. The van der Waals surface area contributed by atoms with Crippen LogP contribution in [0.25, 0.3) is 0 Å². The van der Waals surface area contributed by atoms with Crippen molar-refractivity contribution >= 4 is 45.4 Å². The minimum Gasteiger partial charge on any atom is -0.482 e. The Morgan fingerprint density at radius 1 is 1.29 bits per heavy atom. The molecule has 0 atom stereocenters. The predicted molar refractivity (Wildman–Crippen MR) is 85.1 cm³/mol. The predicted octanol–water partition coefficient (Wildman–Crippen LogP) is 3.93. The van der Waals surface area contributed by atoms with Gasteiger partial charge < -0.3 is 10.1 Å². The minimum absolute atomic E-state index is 0.179. The fourth-order valence-corrected chi connectivity index (χ4v) is 2.23. The number of hydrogen-bond donors (Lipinski definition) is 1. The highest BCUT2D eigenvalue weighted by Crippen LogP contribution is 2.25. The van der Waals surface area contributed by atoms with Crippen LogP contribution in [0.1, 0.15) is 10.4 Å². The molecule has 0 aliphatic heterocycles. The average Bonchev–Trinajstić information content (AvgIpc) is 2.48. The third-order valence-electron chi connectivity index (χ3n) is 2.60. The van der Waals surface area contributed by atoms with E-state index in [1.807, 2.05) is 18.2 Å². The maximum Gasteiger partial charge on any atom is 0.262 e. The normalized spacial score (nSPS) is 10.0.